The molecule has 3 N–H and O–H groups in total. The Hall–Kier alpha value is -4.68. The molecule has 3 heterocycles. The molecule has 1 aromatic carbocycles. The number of hydrogen-bond donors (Lipinski definition) is 3. The molecule has 236 valence electrons. The summed E-state index contributed by atoms with van der Waals surface area (Å²) in [6, 6.07) is 15.0. The van der Waals surface area contributed by atoms with Gasteiger partial charge in [0, 0.05) is 37.2 Å². The quantitative estimate of drug-likeness (QED) is 0.182. The summed E-state index contributed by atoms with van der Waals surface area (Å²) in [5.74, 6) is 0.553. The number of hydrogen-bond acceptors (Lipinski definition) is 8. The lowest BCUT2D eigenvalue weighted by atomic mass is 9.87. The Morgan fingerprint density at radius 3 is 2.44 bits per heavy atom. The van der Waals surface area contributed by atoms with Crippen molar-refractivity contribution in [3.63, 3.8) is 0 Å². The van der Waals surface area contributed by atoms with Crippen molar-refractivity contribution in [2.75, 3.05) is 30.9 Å². The van der Waals surface area contributed by atoms with Crippen LogP contribution in [0, 0.1) is 25.6 Å². The van der Waals surface area contributed by atoms with Crippen LogP contribution in [-0.4, -0.2) is 58.1 Å². The second-order valence-electron chi connectivity index (χ2n) is 11.1. The third kappa shape index (κ3) is 8.70. The van der Waals surface area contributed by atoms with Gasteiger partial charge in [0.05, 0.1) is 30.7 Å². The molecule has 0 spiro atoms. The summed E-state index contributed by atoms with van der Waals surface area (Å²) in [6.07, 6.45) is 5.16. The van der Waals surface area contributed by atoms with E-state index in [1.165, 1.54) is 16.8 Å². The molecule has 1 fully saturated rings. The molecular weight excluding hydrogens is 577 g/mol. The molecule has 45 heavy (non-hydrogen) atoms. The van der Waals surface area contributed by atoms with Gasteiger partial charge in [-0.2, -0.15) is 9.78 Å². The van der Waals surface area contributed by atoms with E-state index in [-0.39, 0.29) is 49.5 Å². The van der Waals surface area contributed by atoms with Crippen LogP contribution >= 0.6 is 0 Å². The number of nitrogens with one attached hydrogen (secondary N) is 3. The van der Waals surface area contributed by atoms with Crippen molar-refractivity contribution >= 4 is 29.3 Å². The minimum atomic E-state index is -0.334. The predicted molar refractivity (Wildman–Crippen MR) is 169 cm³/mol. The lowest BCUT2D eigenvalue weighted by Crippen LogP contribution is -2.32. The van der Waals surface area contributed by atoms with Crippen molar-refractivity contribution in [2.24, 2.45) is 5.92 Å². The maximum absolute atomic E-state index is 13.5. The van der Waals surface area contributed by atoms with Crippen LogP contribution in [0.15, 0.2) is 60.8 Å². The smallest absolute Gasteiger partial charge is 0.342 e. The number of nitrogens with zero attached hydrogens (tertiary/aromatic N) is 4. The van der Waals surface area contributed by atoms with Crippen LogP contribution in [0.1, 0.15) is 42.8 Å². The maximum atomic E-state index is 13.5. The van der Waals surface area contributed by atoms with E-state index in [2.05, 4.69) is 31.0 Å². The summed E-state index contributed by atoms with van der Waals surface area (Å²) in [4.78, 5) is 34.5. The van der Waals surface area contributed by atoms with Crippen molar-refractivity contribution < 1.29 is 23.5 Å². The standard InChI is InChI=1S/C33H38FN7O4/c1-21-16-22(2)41(40-21)33(43)36-14-15-45-20-28-17-25(19-31(38-28)37-27-8-6-26(34)7-9-27)24-12-13-35-30(18-24)39-32(42)23-4-10-29(44-3)11-5-23/h6-9,12-13,16-19,23,29H,4-5,10-11,14-15,20H2,1-3H3,(H,36,43)(H,37,38)(H,35,39,42). The molecule has 2 amide bonds. The van der Waals surface area contributed by atoms with Gasteiger partial charge in [-0.3, -0.25) is 4.79 Å². The van der Waals surface area contributed by atoms with Crippen LogP contribution in [0.3, 0.4) is 0 Å². The van der Waals surface area contributed by atoms with Crippen LogP contribution in [0.5, 0.6) is 0 Å². The van der Waals surface area contributed by atoms with Crippen LogP contribution in [0.4, 0.5) is 26.5 Å². The van der Waals surface area contributed by atoms with Gasteiger partial charge in [-0.15, -0.1) is 0 Å². The van der Waals surface area contributed by atoms with E-state index >= 15 is 0 Å². The van der Waals surface area contributed by atoms with Gasteiger partial charge in [0.25, 0.3) is 0 Å². The number of aromatic nitrogens is 4. The first kappa shape index (κ1) is 31.7. The molecule has 4 aromatic rings. The Kier molecular flexibility index (Phi) is 10.5. The molecule has 11 nitrogen and oxygen atoms in total. The van der Waals surface area contributed by atoms with Gasteiger partial charge >= 0.3 is 6.03 Å². The fourth-order valence-corrected chi connectivity index (χ4v) is 5.36. The fourth-order valence-electron chi connectivity index (χ4n) is 5.36. The summed E-state index contributed by atoms with van der Waals surface area (Å²) >= 11 is 0. The number of anilines is 3. The number of pyridine rings is 2. The zero-order valence-electron chi connectivity index (χ0n) is 25.7. The summed E-state index contributed by atoms with van der Waals surface area (Å²) in [5.41, 5.74) is 4.48. The van der Waals surface area contributed by atoms with Crippen molar-refractivity contribution in [1.29, 1.82) is 0 Å². The predicted octanol–water partition coefficient (Wildman–Crippen LogP) is 5.76. The molecule has 0 radical (unpaired) electrons. The number of carbonyl (C=O) groups excluding carboxylic acids is 2. The molecule has 1 aliphatic rings. The zero-order valence-corrected chi connectivity index (χ0v) is 25.7. The Morgan fingerprint density at radius 1 is 0.978 bits per heavy atom. The van der Waals surface area contributed by atoms with E-state index in [9.17, 15) is 14.0 Å². The SMILES string of the molecule is COC1CCC(C(=O)Nc2cc(-c3cc(COCCNC(=O)n4nc(C)cc4C)nc(Nc4ccc(F)cc4)c3)ccn2)CC1. The minimum absolute atomic E-state index is 0.0402. The van der Waals surface area contributed by atoms with Crippen LogP contribution < -0.4 is 16.0 Å². The average molecular weight is 616 g/mol. The summed E-state index contributed by atoms with van der Waals surface area (Å²) in [6.45, 7) is 4.38. The highest BCUT2D eigenvalue weighted by Gasteiger charge is 2.26. The van der Waals surface area contributed by atoms with Crippen molar-refractivity contribution in [2.45, 2.75) is 52.2 Å². The second-order valence-corrected chi connectivity index (χ2v) is 11.1. The molecule has 0 atom stereocenters. The molecule has 12 heteroatoms. The number of ether oxygens (including phenoxy) is 2. The van der Waals surface area contributed by atoms with Crippen molar-refractivity contribution in [1.82, 2.24) is 25.1 Å². The molecule has 0 unspecified atom stereocenters. The van der Waals surface area contributed by atoms with E-state index in [1.807, 2.05) is 44.2 Å². The third-order valence-corrected chi connectivity index (χ3v) is 7.69. The number of amides is 2. The van der Waals surface area contributed by atoms with Crippen LogP contribution in [0.25, 0.3) is 11.1 Å². The van der Waals surface area contributed by atoms with Gasteiger partial charge in [0.15, 0.2) is 0 Å². The minimum Gasteiger partial charge on any atom is -0.381 e. The maximum Gasteiger partial charge on any atom is 0.342 e. The first-order chi connectivity index (χ1) is 21.8. The molecule has 5 rings (SSSR count). The Balaban J connectivity index is 1.27. The van der Waals surface area contributed by atoms with Crippen LogP contribution in [0.2, 0.25) is 0 Å². The summed E-state index contributed by atoms with van der Waals surface area (Å²) < 4.78 is 26.1. The first-order valence-corrected chi connectivity index (χ1v) is 15.0. The average Bonchev–Trinajstić information content (AvgIpc) is 3.39. The number of methoxy groups -OCH3 is 1. The first-order valence-electron chi connectivity index (χ1n) is 15.0. The molecule has 1 saturated carbocycles. The Bertz CT molecular complexity index is 1620. The van der Waals surface area contributed by atoms with Gasteiger partial charge in [0.1, 0.15) is 17.5 Å². The molecule has 0 bridgehead atoms. The van der Waals surface area contributed by atoms with E-state index < -0.39 is 0 Å². The van der Waals surface area contributed by atoms with Gasteiger partial charge in [0.2, 0.25) is 5.91 Å². The number of rotatable bonds is 11. The fraction of sp³-hybridized carbons (Fsp3) is 0.364. The monoisotopic (exact) mass is 615 g/mol. The lowest BCUT2D eigenvalue weighted by molar-refractivity contribution is -0.121. The van der Waals surface area contributed by atoms with E-state index in [4.69, 9.17) is 9.47 Å². The molecule has 0 saturated heterocycles. The summed E-state index contributed by atoms with van der Waals surface area (Å²) in [5, 5.41) is 13.2. The number of aryl methyl sites for hydroxylation is 2. The summed E-state index contributed by atoms with van der Waals surface area (Å²) in [7, 11) is 1.71. The largest absolute Gasteiger partial charge is 0.381 e. The van der Waals surface area contributed by atoms with Gasteiger partial charge < -0.3 is 25.4 Å². The van der Waals surface area contributed by atoms with E-state index in [1.54, 1.807) is 25.4 Å². The van der Waals surface area contributed by atoms with Gasteiger partial charge in [-0.25, -0.2) is 19.2 Å². The Morgan fingerprint density at radius 2 is 1.73 bits per heavy atom. The van der Waals surface area contributed by atoms with Crippen LogP contribution in [-0.2, 0) is 20.9 Å². The Labute approximate surface area is 261 Å². The van der Waals surface area contributed by atoms with E-state index in [0.29, 0.717) is 23.0 Å². The second kappa shape index (κ2) is 14.9. The topological polar surface area (TPSA) is 132 Å². The lowest BCUT2D eigenvalue weighted by Gasteiger charge is -2.26. The zero-order chi connectivity index (χ0) is 31.8. The molecule has 1 aliphatic carbocycles. The normalized spacial score (nSPS) is 16.3. The van der Waals surface area contributed by atoms with Gasteiger partial charge in [-0.1, -0.05) is 0 Å². The molecular formula is C33H38FN7O4. The number of benzene rings is 1. The van der Waals surface area contributed by atoms with Crippen molar-refractivity contribution in [3.05, 3.63) is 83.7 Å². The highest BCUT2D eigenvalue weighted by atomic mass is 19.1. The highest BCUT2D eigenvalue weighted by Crippen LogP contribution is 2.29. The van der Waals surface area contributed by atoms with Gasteiger partial charge in [-0.05, 0) is 105 Å². The number of halogens is 1. The highest BCUT2D eigenvalue weighted by molar-refractivity contribution is 5.92. The van der Waals surface area contributed by atoms with E-state index in [0.717, 1.165) is 48.2 Å². The third-order valence-electron chi connectivity index (χ3n) is 7.69. The molecule has 0 aliphatic heterocycles. The number of carbonyl (C=O) groups is 2. The van der Waals surface area contributed by atoms with Crippen molar-refractivity contribution in [3.8, 4) is 11.1 Å². The molecule has 3 aromatic heterocycles.